The van der Waals surface area contributed by atoms with Gasteiger partial charge in [-0.05, 0) is 36.6 Å². The molecular weight excluding hydrogens is 272 g/mol. The number of nitrogens with zero attached hydrogens (tertiary/aromatic N) is 2. The first kappa shape index (κ1) is 14.2. The van der Waals surface area contributed by atoms with Crippen molar-refractivity contribution >= 4 is 0 Å². The number of rotatable bonds is 5. The third-order valence-corrected chi connectivity index (χ3v) is 3.98. The van der Waals surface area contributed by atoms with Crippen LogP contribution in [-0.4, -0.2) is 9.78 Å². The molecule has 0 unspecified atom stereocenters. The summed E-state index contributed by atoms with van der Waals surface area (Å²) in [6.07, 6.45) is 7.03. The van der Waals surface area contributed by atoms with Crippen molar-refractivity contribution in [3.8, 4) is 0 Å². The lowest BCUT2D eigenvalue weighted by Crippen LogP contribution is -2.14. The number of nitrogens with one attached hydrogen (secondary N) is 1. The Morgan fingerprint density at radius 2 is 1.90 bits per heavy atom. The third kappa shape index (κ3) is 3.47. The Morgan fingerprint density at radius 3 is 2.67 bits per heavy atom. The number of aromatic nitrogens is 2. The highest BCUT2D eigenvalue weighted by Crippen LogP contribution is 2.28. The number of hydrogen-bond donors (Lipinski definition) is 1. The van der Waals surface area contributed by atoms with Gasteiger partial charge in [0.05, 0.1) is 11.7 Å². The van der Waals surface area contributed by atoms with Crippen molar-refractivity contribution in [1.82, 2.24) is 15.1 Å². The summed E-state index contributed by atoms with van der Waals surface area (Å²) in [5, 5.41) is 7.78. The van der Waals surface area contributed by atoms with Gasteiger partial charge in [0.1, 0.15) is 0 Å². The second-order valence-corrected chi connectivity index (χ2v) is 5.58. The Labute approximate surface area is 123 Å². The van der Waals surface area contributed by atoms with E-state index >= 15 is 0 Å². The smallest absolute Gasteiger partial charge is 0.159 e. The SMILES string of the molecule is Fc1ccc(CNCc2ccn(C3CCCC3)n2)cc1F. The quantitative estimate of drug-likeness (QED) is 0.912. The third-order valence-electron chi connectivity index (χ3n) is 3.98. The van der Waals surface area contributed by atoms with E-state index in [4.69, 9.17) is 0 Å². The van der Waals surface area contributed by atoms with Crippen molar-refractivity contribution in [2.75, 3.05) is 0 Å². The van der Waals surface area contributed by atoms with E-state index in [1.165, 1.54) is 31.7 Å². The van der Waals surface area contributed by atoms with E-state index in [1.807, 2.05) is 12.3 Å². The summed E-state index contributed by atoms with van der Waals surface area (Å²) in [4.78, 5) is 0. The maximum atomic E-state index is 13.1. The van der Waals surface area contributed by atoms with Crippen LogP contribution in [0.2, 0.25) is 0 Å². The molecule has 112 valence electrons. The van der Waals surface area contributed by atoms with Crippen LogP contribution in [0.5, 0.6) is 0 Å². The van der Waals surface area contributed by atoms with Crippen LogP contribution in [0.25, 0.3) is 0 Å². The maximum Gasteiger partial charge on any atom is 0.159 e. The summed E-state index contributed by atoms with van der Waals surface area (Å²) in [7, 11) is 0. The molecule has 0 spiro atoms. The van der Waals surface area contributed by atoms with Crippen molar-refractivity contribution in [1.29, 1.82) is 0 Å². The van der Waals surface area contributed by atoms with Crippen LogP contribution in [0.15, 0.2) is 30.5 Å². The molecule has 1 aromatic carbocycles. The van der Waals surface area contributed by atoms with E-state index in [1.54, 1.807) is 6.07 Å². The van der Waals surface area contributed by atoms with Crippen LogP contribution in [0, 0.1) is 11.6 Å². The van der Waals surface area contributed by atoms with E-state index in [-0.39, 0.29) is 0 Å². The predicted molar refractivity (Wildman–Crippen MR) is 76.6 cm³/mol. The zero-order valence-corrected chi connectivity index (χ0v) is 11.9. The van der Waals surface area contributed by atoms with Gasteiger partial charge in [0.15, 0.2) is 11.6 Å². The van der Waals surface area contributed by atoms with Crippen molar-refractivity contribution < 1.29 is 8.78 Å². The molecule has 5 heteroatoms. The topological polar surface area (TPSA) is 29.9 Å². The molecule has 1 aromatic heterocycles. The largest absolute Gasteiger partial charge is 0.307 e. The molecule has 3 nitrogen and oxygen atoms in total. The van der Waals surface area contributed by atoms with Gasteiger partial charge in [0.2, 0.25) is 0 Å². The normalized spacial score (nSPS) is 15.7. The van der Waals surface area contributed by atoms with Crippen molar-refractivity contribution in [2.45, 2.75) is 44.8 Å². The van der Waals surface area contributed by atoms with Gasteiger partial charge < -0.3 is 5.32 Å². The monoisotopic (exact) mass is 291 g/mol. The Kier molecular flexibility index (Phi) is 4.29. The molecule has 0 bridgehead atoms. The van der Waals surface area contributed by atoms with Crippen molar-refractivity contribution in [2.24, 2.45) is 0 Å². The van der Waals surface area contributed by atoms with E-state index in [9.17, 15) is 8.78 Å². The van der Waals surface area contributed by atoms with Gasteiger partial charge >= 0.3 is 0 Å². The van der Waals surface area contributed by atoms with Gasteiger partial charge in [-0.15, -0.1) is 0 Å². The number of benzene rings is 1. The lowest BCUT2D eigenvalue weighted by atomic mass is 10.2. The fourth-order valence-electron chi connectivity index (χ4n) is 2.83. The van der Waals surface area contributed by atoms with Crippen LogP contribution < -0.4 is 5.32 Å². The molecule has 1 saturated carbocycles. The molecule has 1 aliphatic carbocycles. The minimum Gasteiger partial charge on any atom is -0.307 e. The van der Waals surface area contributed by atoms with Crippen LogP contribution in [0.4, 0.5) is 8.78 Å². The summed E-state index contributed by atoms with van der Waals surface area (Å²) >= 11 is 0. The summed E-state index contributed by atoms with van der Waals surface area (Å²) < 4.78 is 28.0. The fourth-order valence-corrected chi connectivity index (χ4v) is 2.83. The van der Waals surface area contributed by atoms with Gasteiger partial charge in [-0.2, -0.15) is 5.10 Å². The standard InChI is InChI=1S/C16H19F2N3/c17-15-6-5-12(9-16(15)18)10-19-11-13-7-8-21(20-13)14-3-1-2-4-14/h5-9,14,19H,1-4,10-11H2. The second kappa shape index (κ2) is 6.35. The zero-order chi connectivity index (χ0) is 14.7. The Hall–Kier alpha value is -1.75. The molecule has 21 heavy (non-hydrogen) atoms. The van der Waals surface area contributed by atoms with Crippen LogP contribution >= 0.6 is 0 Å². The molecule has 0 atom stereocenters. The van der Waals surface area contributed by atoms with E-state index < -0.39 is 11.6 Å². The lowest BCUT2D eigenvalue weighted by molar-refractivity contribution is 0.460. The van der Waals surface area contributed by atoms with Gasteiger partial charge in [0.25, 0.3) is 0 Å². The van der Waals surface area contributed by atoms with Crippen molar-refractivity contribution in [3.63, 3.8) is 0 Å². The van der Waals surface area contributed by atoms with Gasteiger partial charge in [0, 0.05) is 19.3 Å². The fraction of sp³-hybridized carbons (Fsp3) is 0.438. The molecule has 0 saturated heterocycles. The van der Waals surface area contributed by atoms with Crippen LogP contribution in [0.3, 0.4) is 0 Å². The van der Waals surface area contributed by atoms with E-state index in [0.29, 0.717) is 19.1 Å². The summed E-state index contributed by atoms with van der Waals surface area (Å²) in [5.41, 5.74) is 1.70. The average molecular weight is 291 g/mol. The molecular formula is C16H19F2N3. The summed E-state index contributed by atoms with van der Waals surface area (Å²) in [6.45, 7) is 1.12. The molecule has 1 N–H and O–H groups in total. The van der Waals surface area contributed by atoms with Crippen molar-refractivity contribution in [3.05, 3.63) is 53.4 Å². The average Bonchev–Trinajstić information content (AvgIpc) is 3.13. The molecule has 3 rings (SSSR count). The lowest BCUT2D eigenvalue weighted by Gasteiger charge is -2.09. The van der Waals surface area contributed by atoms with Crippen LogP contribution in [0.1, 0.15) is 43.0 Å². The first-order valence-electron chi connectivity index (χ1n) is 7.41. The summed E-state index contributed by atoms with van der Waals surface area (Å²) in [6, 6.07) is 6.52. The first-order valence-corrected chi connectivity index (χ1v) is 7.41. The summed E-state index contributed by atoms with van der Waals surface area (Å²) in [5.74, 6) is -1.62. The minimum absolute atomic E-state index is 0.494. The minimum atomic E-state index is -0.811. The molecule has 0 aliphatic heterocycles. The zero-order valence-electron chi connectivity index (χ0n) is 11.9. The molecule has 1 fully saturated rings. The highest BCUT2D eigenvalue weighted by Gasteiger charge is 2.17. The molecule has 1 aliphatic rings. The van der Waals surface area contributed by atoms with E-state index in [0.717, 1.165) is 17.3 Å². The van der Waals surface area contributed by atoms with Gasteiger partial charge in [-0.3, -0.25) is 4.68 Å². The highest BCUT2D eigenvalue weighted by molar-refractivity contribution is 5.17. The Bertz CT molecular complexity index is 603. The highest BCUT2D eigenvalue weighted by atomic mass is 19.2. The molecule has 1 heterocycles. The Balaban J connectivity index is 1.52. The van der Waals surface area contributed by atoms with Gasteiger partial charge in [-0.1, -0.05) is 18.9 Å². The number of halogens is 2. The molecule has 0 radical (unpaired) electrons. The maximum absolute atomic E-state index is 13.1. The first-order chi connectivity index (χ1) is 10.2. The Morgan fingerprint density at radius 1 is 1.10 bits per heavy atom. The molecule has 0 amide bonds. The second-order valence-electron chi connectivity index (χ2n) is 5.58. The van der Waals surface area contributed by atoms with Gasteiger partial charge in [-0.25, -0.2) is 8.78 Å². The predicted octanol–water partition coefficient (Wildman–Crippen LogP) is 3.57. The van der Waals surface area contributed by atoms with Crippen LogP contribution in [-0.2, 0) is 13.1 Å². The molecule has 2 aromatic rings. The van der Waals surface area contributed by atoms with E-state index in [2.05, 4.69) is 15.1 Å². The number of hydrogen-bond acceptors (Lipinski definition) is 2.